The molecule has 1 saturated heterocycles. The number of rotatable bonds is 5. The predicted octanol–water partition coefficient (Wildman–Crippen LogP) is 3.94. The second-order valence-electron chi connectivity index (χ2n) is 7.06. The lowest BCUT2D eigenvalue weighted by Crippen LogP contribution is -2.34. The van der Waals surface area contributed by atoms with Gasteiger partial charge in [0, 0.05) is 42.2 Å². The van der Waals surface area contributed by atoms with Gasteiger partial charge < -0.3 is 19.9 Å². The molecule has 4 rings (SSSR count). The van der Waals surface area contributed by atoms with Gasteiger partial charge in [-0.3, -0.25) is 9.59 Å². The first-order valence-electron chi connectivity index (χ1n) is 9.47. The van der Waals surface area contributed by atoms with Crippen LogP contribution in [-0.2, 0) is 11.3 Å². The van der Waals surface area contributed by atoms with E-state index >= 15 is 0 Å². The number of aromatic nitrogens is 1. The Balaban J connectivity index is 1.48. The van der Waals surface area contributed by atoms with Crippen molar-refractivity contribution in [3.63, 3.8) is 0 Å². The lowest BCUT2D eigenvalue weighted by Gasteiger charge is -2.26. The summed E-state index contributed by atoms with van der Waals surface area (Å²) >= 11 is 0. The van der Waals surface area contributed by atoms with Crippen LogP contribution in [0.3, 0.4) is 0 Å². The van der Waals surface area contributed by atoms with Gasteiger partial charge in [0.15, 0.2) is 0 Å². The lowest BCUT2D eigenvalue weighted by atomic mass is 10.1. The second-order valence-corrected chi connectivity index (χ2v) is 7.06. The smallest absolute Gasteiger partial charge is 0.272 e. The Hall–Kier alpha value is -3.28. The molecule has 2 N–H and O–H groups in total. The summed E-state index contributed by atoms with van der Waals surface area (Å²) in [5.41, 5.74) is 3.05. The number of amides is 2. The van der Waals surface area contributed by atoms with Gasteiger partial charge in [0.25, 0.3) is 5.91 Å². The van der Waals surface area contributed by atoms with E-state index in [1.54, 1.807) is 7.11 Å². The first kappa shape index (κ1) is 18.1. The third-order valence-corrected chi connectivity index (χ3v) is 5.05. The average Bonchev–Trinajstić information content (AvgIpc) is 3.13. The van der Waals surface area contributed by atoms with Crippen LogP contribution in [0, 0.1) is 0 Å². The molecule has 0 spiro atoms. The van der Waals surface area contributed by atoms with Crippen LogP contribution in [0.2, 0.25) is 0 Å². The Bertz CT molecular complexity index is 1020. The van der Waals surface area contributed by atoms with Gasteiger partial charge in [-0.15, -0.1) is 0 Å². The number of anilines is 1. The molecule has 6 nitrogen and oxygen atoms in total. The first-order valence-corrected chi connectivity index (χ1v) is 9.47. The SMILES string of the molecule is COc1ccc2cc(C(=O)Nc3cccc(CN4CCCCC4=O)c3)[nH]c2c1. The van der Waals surface area contributed by atoms with Crippen LogP contribution in [-0.4, -0.2) is 35.4 Å². The highest BCUT2D eigenvalue weighted by Gasteiger charge is 2.18. The van der Waals surface area contributed by atoms with Gasteiger partial charge in [-0.05, 0) is 48.7 Å². The molecule has 0 radical (unpaired) electrons. The third-order valence-electron chi connectivity index (χ3n) is 5.05. The van der Waals surface area contributed by atoms with E-state index < -0.39 is 0 Å². The number of hydrogen-bond acceptors (Lipinski definition) is 3. The van der Waals surface area contributed by atoms with Gasteiger partial charge in [-0.25, -0.2) is 0 Å². The van der Waals surface area contributed by atoms with Gasteiger partial charge in [-0.2, -0.15) is 0 Å². The van der Waals surface area contributed by atoms with E-state index in [4.69, 9.17) is 4.74 Å². The maximum Gasteiger partial charge on any atom is 0.272 e. The minimum absolute atomic E-state index is 0.203. The van der Waals surface area contributed by atoms with E-state index in [0.29, 0.717) is 24.3 Å². The van der Waals surface area contributed by atoms with E-state index in [-0.39, 0.29) is 11.8 Å². The summed E-state index contributed by atoms with van der Waals surface area (Å²) in [6.07, 6.45) is 2.65. The summed E-state index contributed by atoms with van der Waals surface area (Å²) in [4.78, 5) is 29.7. The Morgan fingerprint density at radius 1 is 1.18 bits per heavy atom. The van der Waals surface area contributed by atoms with Gasteiger partial charge in [0.1, 0.15) is 11.4 Å². The van der Waals surface area contributed by atoms with Crippen LogP contribution in [0.25, 0.3) is 10.9 Å². The van der Waals surface area contributed by atoms with Crippen molar-refractivity contribution in [2.45, 2.75) is 25.8 Å². The number of H-pyrrole nitrogens is 1. The van der Waals surface area contributed by atoms with Gasteiger partial charge in [-0.1, -0.05) is 12.1 Å². The number of ether oxygens (including phenoxy) is 1. The van der Waals surface area contributed by atoms with Crippen molar-refractivity contribution in [3.8, 4) is 5.75 Å². The van der Waals surface area contributed by atoms with Crippen molar-refractivity contribution in [3.05, 3.63) is 59.8 Å². The molecule has 144 valence electrons. The number of likely N-dealkylation sites (tertiary alicyclic amines) is 1. The fraction of sp³-hybridized carbons (Fsp3) is 0.273. The van der Waals surface area contributed by atoms with E-state index in [9.17, 15) is 9.59 Å². The minimum atomic E-state index is -0.207. The number of carbonyl (C=O) groups is 2. The van der Waals surface area contributed by atoms with E-state index in [1.165, 1.54) is 0 Å². The monoisotopic (exact) mass is 377 g/mol. The van der Waals surface area contributed by atoms with Gasteiger partial charge in [0.2, 0.25) is 5.91 Å². The topological polar surface area (TPSA) is 74.4 Å². The number of nitrogens with one attached hydrogen (secondary N) is 2. The molecular weight excluding hydrogens is 354 g/mol. The van der Waals surface area contributed by atoms with Gasteiger partial charge in [0.05, 0.1) is 7.11 Å². The average molecular weight is 377 g/mol. The van der Waals surface area contributed by atoms with Crippen molar-refractivity contribution in [1.29, 1.82) is 0 Å². The number of piperidine rings is 1. The highest BCUT2D eigenvalue weighted by molar-refractivity contribution is 6.06. The van der Waals surface area contributed by atoms with Crippen molar-refractivity contribution >= 4 is 28.4 Å². The van der Waals surface area contributed by atoms with Crippen LogP contribution in [0.15, 0.2) is 48.5 Å². The Kier molecular flexibility index (Phi) is 5.02. The fourth-order valence-electron chi connectivity index (χ4n) is 3.55. The van der Waals surface area contributed by atoms with Crippen LogP contribution in [0.1, 0.15) is 35.3 Å². The number of benzene rings is 2. The van der Waals surface area contributed by atoms with Crippen molar-refractivity contribution in [2.24, 2.45) is 0 Å². The molecule has 0 atom stereocenters. The molecule has 0 aliphatic carbocycles. The quantitative estimate of drug-likeness (QED) is 0.707. The number of aromatic amines is 1. The van der Waals surface area contributed by atoms with Crippen LogP contribution >= 0.6 is 0 Å². The molecule has 3 aromatic rings. The highest BCUT2D eigenvalue weighted by atomic mass is 16.5. The molecule has 1 fully saturated rings. The number of hydrogen-bond donors (Lipinski definition) is 2. The zero-order valence-electron chi connectivity index (χ0n) is 15.8. The van der Waals surface area contributed by atoms with Crippen LogP contribution < -0.4 is 10.1 Å². The summed E-state index contributed by atoms with van der Waals surface area (Å²) < 4.78 is 5.22. The van der Waals surface area contributed by atoms with Crippen molar-refractivity contribution in [1.82, 2.24) is 9.88 Å². The molecule has 1 aromatic heterocycles. The van der Waals surface area contributed by atoms with E-state index in [0.717, 1.165) is 41.6 Å². The molecule has 2 heterocycles. The normalized spacial score (nSPS) is 14.3. The molecule has 0 unspecified atom stereocenters. The number of methoxy groups -OCH3 is 1. The second kappa shape index (κ2) is 7.76. The third kappa shape index (κ3) is 3.86. The van der Waals surface area contributed by atoms with E-state index in [2.05, 4.69) is 10.3 Å². The standard InChI is InChI=1S/C22H23N3O3/c1-28-18-9-8-16-12-20(24-19(16)13-18)22(27)23-17-6-4-5-15(11-17)14-25-10-3-2-7-21(25)26/h4-6,8-9,11-13,24H,2-3,7,10,14H2,1H3,(H,23,27). The summed E-state index contributed by atoms with van der Waals surface area (Å²) in [7, 11) is 1.61. The summed E-state index contributed by atoms with van der Waals surface area (Å²) in [6.45, 7) is 1.38. The van der Waals surface area contributed by atoms with Crippen molar-refractivity contribution < 1.29 is 14.3 Å². The number of nitrogens with zero attached hydrogens (tertiary/aromatic N) is 1. The Labute approximate surface area is 163 Å². The number of carbonyl (C=O) groups excluding carboxylic acids is 2. The molecule has 28 heavy (non-hydrogen) atoms. The largest absolute Gasteiger partial charge is 0.497 e. The van der Waals surface area contributed by atoms with Crippen LogP contribution in [0.5, 0.6) is 5.75 Å². The van der Waals surface area contributed by atoms with Crippen LogP contribution in [0.4, 0.5) is 5.69 Å². The highest BCUT2D eigenvalue weighted by Crippen LogP contribution is 2.22. The fourth-order valence-corrected chi connectivity index (χ4v) is 3.55. The first-order chi connectivity index (χ1) is 13.6. The summed E-state index contributed by atoms with van der Waals surface area (Å²) in [6, 6.07) is 15.1. The summed E-state index contributed by atoms with van der Waals surface area (Å²) in [5.74, 6) is 0.733. The summed E-state index contributed by atoms with van der Waals surface area (Å²) in [5, 5.41) is 3.88. The molecule has 6 heteroatoms. The zero-order chi connectivity index (χ0) is 19.5. The Morgan fingerprint density at radius 3 is 2.89 bits per heavy atom. The minimum Gasteiger partial charge on any atom is -0.497 e. The zero-order valence-corrected chi connectivity index (χ0v) is 15.8. The van der Waals surface area contributed by atoms with E-state index in [1.807, 2.05) is 53.4 Å². The van der Waals surface area contributed by atoms with Gasteiger partial charge >= 0.3 is 0 Å². The molecular formula is C22H23N3O3. The molecule has 2 aromatic carbocycles. The molecule has 1 aliphatic rings. The molecule has 0 saturated carbocycles. The molecule has 1 aliphatic heterocycles. The van der Waals surface area contributed by atoms with Crippen molar-refractivity contribution in [2.75, 3.05) is 19.0 Å². The molecule has 0 bridgehead atoms. The Morgan fingerprint density at radius 2 is 2.07 bits per heavy atom. The maximum absolute atomic E-state index is 12.7. The molecule has 2 amide bonds. The lowest BCUT2D eigenvalue weighted by molar-refractivity contribution is -0.133. The predicted molar refractivity (Wildman–Crippen MR) is 109 cm³/mol. The number of fused-ring (bicyclic) bond motifs is 1. The maximum atomic E-state index is 12.7.